The van der Waals surface area contributed by atoms with Gasteiger partial charge in [0.25, 0.3) is 4.99 Å². The molecule has 0 spiro atoms. The molecule has 10 heavy (non-hydrogen) atoms. The van der Waals surface area contributed by atoms with E-state index in [-0.39, 0.29) is 0 Å². The van der Waals surface area contributed by atoms with Crippen LogP contribution in [0.25, 0.3) is 0 Å². The summed E-state index contributed by atoms with van der Waals surface area (Å²) >= 11 is 0. The van der Waals surface area contributed by atoms with Crippen molar-refractivity contribution < 1.29 is 13.2 Å². The normalized spacial score (nSPS) is 16.0. The maximum absolute atomic E-state index is 10.5. The van der Waals surface area contributed by atoms with Crippen molar-refractivity contribution in [2.24, 2.45) is 9.98 Å². The van der Waals surface area contributed by atoms with E-state index in [2.05, 4.69) is 9.98 Å². The minimum Gasteiger partial charge on any atom is -0.264 e. The van der Waals surface area contributed by atoms with Crippen LogP contribution in [-0.2, 0) is 15.1 Å². The van der Waals surface area contributed by atoms with E-state index < -0.39 is 21.2 Å². The molecule has 0 N–H and O–H groups in total. The Morgan fingerprint density at radius 3 is 2.20 bits per heavy atom. The van der Waals surface area contributed by atoms with Gasteiger partial charge in [-0.2, -0.15) is 8.42 Å². The van der Waals surface area contributed by atoms with Crippen LogP contribution in [0, 0.1) is 0 Å². The first-order chi connectivity index (χ1) is 4.72. The summed E-state index contributed by atoms with van der Waals surface area (Å²) in [5.41, 5.74) is 0. The molecule has 1 heterocycles. The van der Waals surface area contributed by atoms with Gasteiger partial charge in [-0.15, -0.1) is 0 Å². The molecule has 52 valence electrons. The molecule has 0 atom stereocenters. The fraction of sp³-hybridized carbons (Fsp3) is 0. The van der Waals surface area contributed by atoms with E-state index in [4.69, 9.17) is 0 Å². The quantitative estimate of drug-likeness (QED) is 0.410. The molecule has 0 saturated heterocycles. The van der Waals surface area contributed by atoms with Crippen LogP contribution < -0.4 is 0 Å². The van der Waals surface area contributed by atoms with Crippen LogP contribution in [0.5, 0.6) is 0 Å². The van der Waals surface area contributed by atoms with Gasteiger partial charge in [-0.3, -0.25) is 4.79 Å². The standard InChI is InChI=1S/C4H2N2O3S/c7-3-4(10(8)9)6-2-1-5-3/h1-2H. The average molecular weight is 158 g/mol. The van der Waals surface area contributed by atoms with Gasteiger partial charge in [0.1, 0.15) is 0 Å². The molecule has 0 unspecified atom stereocenters. The molecular formula is C4H2N2O3S. The van der Waals surface area contributed by atoms with Crippen molar-refractivity contribution in [3.05, 3.63) is 0 Å². The first kappa shape index (κ1) is 6.81. The van der Waals surface area contributed by atoms with Crippen molar-refractivity contribution in [2.75, 3.05) is 0 Å². The largest absolute Gasteiger partial charge is 0.311 e. The molecule has 0 bridgehead atoms. The van der Waals surface area contributed by atoms with E-state index in [0.29, 0.717) is 0 Å². The van der Waals surface area contributed by atoms with Crippen LogP contribution in [0.4, 0.5) is 0 Å². The number of amides is 1. The molecule has 5 nitrogen and oxygen atoms in total. The molecule has 1 aliphatic heterocycles. The molecule has 1 rings (SSSR count). The van der Waals surface area contributed by atoms with Crippen LogP contribution in [0.1, 0.15) is 0 Å². The minimum absolute atomic E-state index is 0.539. The maximum atomic E-state index is 10.5. The summed E-state index contributed by atoms with van der Waals surface area (Å²) in [4.78, 5) is 16.4. The monoisotopic (exact) mass is 158 g/mol. The number of carbonyl (C=O) groups excluding carboxylic acids is 1. The predicted molar refractivity (Wildman–Crippen MR) is 35.9 cm³/mol. The van der Waals surface area contributed by atoms with Gasteiger partial charge in [0.05, 0.1) is 0 Å². The molecular weight excluding hydrogens is 156 g/mol. The minimum atomic E-state index is -2.58. The third-order valence-electron chi connectivity index (χ3n) is 0.791. The van der Waals surface area contributed by atoms with Crippen molar-refractivity contribution in [1.29, 1.82) is 0 Å². The zero-order valence-electron chi connectivity index (χ0n) is 4.68. The molecule has 1 amide bonds. The van der Waals surface area contributed by atoms with Crippen LogP contribution in [0.3, 0.4) is 0 Å². The first-order valence-corrected chi connectivity index (χ1v) is 3.36. The van der Waals surface area contributed by atoms with Crippen molar-refractivity contribution >= 4 is 33.6 Å². The van der Waals surface area contributed by atoms with Gasteiger partial charge in [0, 0.05) is 12.4 Å². The van der Waals surface area contributed by atoms with Crippen molar-refractivity contribution in [1.82, 2.24) is 0 Å². The molecule has 0 aromatic rings. The lowest BCUT2D eigenvalue weighted by molar-refractivity contribution is -0.111. The summed E-state index contributed by atoms with van der Waals surface area (Å²) in [5, 5.41) is 0. The molecule has 0 fully saturated rings. The van der Waals surface area contributed by atoms with E-state index in [1.54, 1.807) is 0 Å². The smallest absolute Gasteiger partial charge is 0.264 e. The van der Waals surface area contributed by atoms with E-state index >= 15 is 0 Å². The van der Waals surface area contributed by atoms with Crippen LogP contribution in [0.2, 0.25) is 0 Å². The van der Waals surface area contributed by atoms with E-state index in [1.807, 2.05) is 0 Å². The van der Waals surface area contributed by atoms with Crippen LogP contribution in [0.15, 0.2) is 9.98 Å². The molecule has 6 heteroatoms. The fourth-order valence-corrected chi connectivity index (χ4v) is 0.769. The molecule has 0 aliphatic carbocycles. The van der Waals surface area contributed by atoms with Gasteiger partial charge in [0.2, 0.25) is 10.3 Å². The summed E-state index contributed by atoms with van der Waals surface area (Å²) in [6.07, 6.45) is 2.28. The first-order valence-electron chi connectivity index (χ1n) is 2.29. The number of aliphatic imine (C=N–C) groups is 2. The fourth-order valence-electron chi connectivity index (χ4n) is 0.427. The zero-order chi connectivity index (χ0) is 7.56. The highest BCUT2D eigenvalue weighted by molar-refractivity contribution is 7.74. The summed E-state index contributed by atoms with van der Waals surface area (Å²) in [7, 11) is -2.58. The van der Waals surface area contributed by atoms with Gasteiger partial charge < -0.3 is 0 Å². The number of nitrogens with zero attached hydrogens (tertiary/aromatic N) is 2. The topological polar surface area (TPSA) is 75.9 Å². The Balaban J connectivity index is 3.28. The van der Waals surface area contributed by atoms with E-state index in [9.17, 15) is 13.2 Å². The van der Waals surface area contributed by atoms with Gasteiger partial charge in [0.15, 0.2) is 0 Å². The highest BCUT2D eigenvalue weighted by Gasteiger charge is 2.11. The Hall–Kier alpha value is -1.30. The summed E-state index contributed by atoms with van der Waals surface area (Å²) in [6.45, 7) is 0. The van der Waals surface area contributed by atoms with Crippen LogP contribution >= 0.6 is 0 Å². The number of carbonyl (C=O) groups is 1. The zero-order valence-corrected chi connectivity index (χ0v) is 5.50. The second kappa shape index (κ2) is 2.53. The maximum Gasteiger partial charge on any atom is 0.311 e. The lowest BCUT2D eigenvalue weighted by Gasteiger charge is -1.90. The predicted octanol–water partition coefficient (Wildman–Crippen LogP) is -1.32. The third-order valence-corrected chi connectivity index (χ3v) is 1.39. The Morgan fingerprint density at radius 1 is 1.20 bits per heavy atom. The second-order valence-electron chi connectivity index (χ2n) is 1.40. The van der Waals surface area contributed by atoms with Gasteiger partial charge in [-0.1, -0.05) is 0 Å². The van der Waals surface area contributed by atoms with E-state index in [1.165, 1.54) is 0 Å². The lowest BCUT2D eigenvalue weighted by atomic mass is 10.5. The van der Waals surface area contributed by atoms with Gasteiger partial charge in [-0.25, -0.2) is 9.98 Å². The second-order valence-corrected chi connectivity index (χ2v) is 2.26. The Morgan fingerprint density at radius 2 is 1.80 bits per heavy atom. The summed E-state index contributed by atoms with van der Waals surface area (Å²) in [5.74, 6) is -0.823. The Bertz CT molecular complexity index is 341. The number of rotatable bonds is 0. The van der Waals surface area contributed by atoms with Gasteiger partial charge in [-0.05, 0) is 0 Å². The molecule has 0 radical (unpaired) electrons. The van der Waals surface area contributed by atoms with Gasteiger partial charge >= 0.3 is 5.91 Å². The number of hydrogen-bond acceptors (Lipinski definition) is 3. The molecule has 0 aromatic carbocycles. The molecule has 1 aliphatic rings. The molecule has 0 aromatic heterocycles. The van der Waals surface area contributed by atoms with E-state index in [0.717, 1.165) is 12.4 Å². The number of hydrogen-bond donors (Lipinski definition) is 0. The Labute approximate surface area is 57.6 Å². The highest BCUT2D eigenvalue weighted by atomic mass is 32.2. The lowest BCUT2D eigenvalue weighted by Crippen LogP contribution is -2.14. The SMILES string of the molecule is O=C1N=CC=NC1=S(=O)=O. The summed E-state index contributed by atoms with van der Waals surface area (Å²) in [6, 6.07) is 0. The van der Waals surface area contributed by atoms with Crippen molar-refractivity contribution in [2.45, 2.75) is 0 Å². The highest BCUT2D eigenvalue weighted by Crippen LogP contribution is 1.85. The average Bonchev–Trinajstić information content (AvgIpc) is 1.88. The molecule has 0 saturated carbocycles. The van der Waals surface area contributed by atoms with Crippen molar-refractivity contribution in [3.8, 4) is 0 Å². The Kier molecular flexibility index (Phi) is 1.72. The summed E-state index contributed by atoms with van der Waals surface area (Å²) < 4.78 is 20.2. The third kappa shape index (κ3) is 1.16. The van der Waals surface area contributed by atoms with Crippen molar-refractivity contribution in [3.63, 3.8) is 0 Å². The van der Waals surface area contributed by atoms with Crippen LogP contribution in [-0.4, -0.2) is 31.7 Å².